The summed E-state index contributed by atoms with van der Waals surface area (Å²) in [5.41, 5.74) is 1.11. The van der Waals surface area contributed by atoms with E-state index in [-0.39, 0.29) is 11.4 Å². The Bertz CT molecular complexity index is 638. The number of likely N-dealkylation sites (tertiary alicyclic amines) is 1. The van der Waals surface area contributed by atoms with Crippen LogP contribution in [0.4, 0.5) is 5.69 Å². The molecule has 5 heteroatoms. The number of ketones is 1. The smallest absolute Gasteiger partial charge is 0.267 e. The molecule has 0 saturated carbocycles. The van der Waals surface area contributed by atoms with E-state index in [9.17, 15) is 14.9 Å². The number of nitrogens with zero attached hydrogens (tertiary/aromatic N) is 2. The van der Waals surface area contributed by atoms with E-state index >= 15 is 0 Å². The van der Waals surface area contributed by atoms with Gasteiger partial charge in [-0.05, 0) is 38.3 Å². The third-order valence-electron chi connectivity index (χ3n) is 3.59. The maximum absolute atomic E-state index is 12.2. The average Bonchev–Trinajstić information content (AvgIpc) is 2.53. The minimum absolute atomic E-state index is 0.0690. The summed E-state index contributed by atoms with van der Waals surface area (Å²) in [6.07, 6.45) is 4.98. The number of nitrogens with one attached hydrogen (secondary N) is 1. The van der Waals surface area contributed by atoms with Crippen molar-refractivity contribution in [2.75, 3.05) is 18.4 Å². The summed E-state index contributed by atoms with van der Waals surface area (Å²) in [6.45, 7) is 3.22. The number of piperidine rings is 1. The van der Waals surface area contributed by atoms with Crippen LogP contribution >= 0.6 is 0 Å². The largest absolute Gasteiger partial charge is 0.376 e. The Morgan fingerprint density at radius 2 is 2.00 bits per heavy atom. The fourth-order valence-corrected chi connectivity index (χ4v) is 2.38. The molecule has 1 aromatic carbocycles. The van der Waals surface area contributed by atoms with Crippen LogP contribution < -0.4 is 5.32 Å². The molecule has 1 aromatic rings. The quantitative estimate of drug-likeness (QED) is 0.527. The van der Waals surface area contributed by atoms with Gasteiger partial charge in [-0.15, -0.1) is 0 Å². The summed E-state index contributed by atoms with van der Waals surface area (Å²) >= 11 is 0. The van der Waals surface area contributed by atoms with E-state index in [1.807, 2.05) is 11.0 Å². The predicted octanol–water partition coefficient (Wildman–Crippen LogP) is 2.72. The van der Waals surface area contributed by atoms with Crippen LogP contribution in [-0.4, -0.2) is 29.7 Å². The Hall–Kier alpha value is -2.61. The Labute approximate surface area is 130 Å². The van der Waals surface area contributed by atoms with Gasteiger partial charge in [-0.1, -0.05) is 12.1 Å². The van der Waals surface area contributed by atoms with Gasteiger partial charge in [0.2, 0.25) is 0 Å². The van der Waals surface area contributed by atoms with Crippen LogP contribution in [0.3, 0.4) is 0 Å². The predicted molar refractivity (Wildman–Crippen MR) is 84.2 cm³/mol. The van der Waals surface area contributed by atoms with Gasteiger partial charge in [-0.25, -0.2) is 0 Å². The third kappa shape index (κ3) is 4.19. The van der Waals surface area contributed by atoms with Crippen molar-refractivity contribution in [1.29, 1.82) is 5.26 Å². The van der Waals surface area contributed by atoms with Crippen molar-refractivity contribution in [1.82, 2.24) is 4.90 Å². The number of hydrogen-bond donors (Lipinski definition) is 1. The summed E-state index contributed by atoms with van der Waals surface area (Å²) in [6, 6.07) is 8.64. The summed E-state index contributed by atoms with van der Waals surface area (Å²) in [4.78, 5) is 25.5. The van der Waals surface area contributed by atoms with Gasteiger partial charge in [0.05, 0.1) is 0 Å². The molecule has 0 atom stereocenters. The summed E-state index contributed by atoms with van der Waals surface area (Å²) in [5.74, 6) is -0.519. The van der Waals surface area contributed by atoms with Crippen LogP contribution in [0.15, 0.2) is 36.0 Å². The summed E-state index contributed by atoms with van der Waals surface area (Å²) < 4.78 is 0. The van der Waals surface area contributed by atoms with E-state index in [0.717, 1.165) is 25.9 Å². The summed E-state index contributed by atoms with van der Waals surface area (Å²) in [7, 11) is 0. The SMILES string of the molecule is CC(=O)c1cccc(NC(=O)/C(C#N)=C\N2CCCCC2)c1. The van der Waals surface area contributed by atoms with Gasteiger partial charge in [0, 0.05) is 30.5 Å². The van der Waals surface area contributed by atoms with Crippen molar-refractivity contribution >= 4 is 17.4 Å². The molecule has 0 bridgehead atoms. The summed E-state index contributed by atoms with van der Waals surface area (Å²) in [5, 5.41) is 11.9. The van der Waals surface area contributed by atoms with E-state index in [0.29, 0.717) is 11.3 Å². The van der Waals surface area contributed by atoms with E-state index in [1.165, 1.54) is 13.3 Å². The van der Waals surface area contributed by atoms with Gasteiger partial charge in [-0.2, -0.15) is 5.26 Å². The topological polar surface area (TPSA) is 73.2 Å². The van der Waals surface area contributed by atoms with Crippen LogP contribution in [0.2, 0.25) is 0 Å². The molecule has 2 rings (SSSR count). The first-order valence-corrected chi connectivity index (χ1v) is 7.38. The zero-order chi connectivity index (χ0) is 15.9. The highest BCUT2D eigenvalue weighted by atomic mass is 16.1. The average molecular weight is 297 g/mol. The lowest BCUT2D eigenvalue weighted by molar-refractivity contribution is -0.112. The minimum atomic E-state index is -0.450. The highest BCUT2D eigenvalue weighted by Crippen LogP contribution is 2.14. The van der Waals surface area contributed by atoms with Crippen LogP contribution in [0.1, 0.15) is 36.5 Å². The molecule has 1 saturated heterocycles. The first-order chi connectivity index (χ1) is 10.6. The molecule has 1 N–H and O–H groups in total. The number of benzene rings is 1. The van der Waals surface area contributed by atoms with Crippen molar-refractivity contribution in [3.05, 3.63) is 41.6 Å². The number of hydrogen-bond acceptors (Lipinski definition) is 4. The second-order valence-electron chi connectivity index (χ2n) is 5.34. The Balaban J connectivity index is 2.09. The molecule has 0 unspecified atom stereocenters. The van der Waals surface area contributed by atoms with Crippen LogP contribution in [0.25, 0.3) is 0 Å². The molecule has 22 heavy (non-hydrogen) atoms. The van der Waals surface area contributed by atoms with Crippen LogP contribution in [0, 0.1) is 11.3 Å². The minimum Gasteiger partial charge on any atom is -0.376 e. The lowest BCUT2D eigenvalue weighted by atomic mass is 10.1. The van der Waals surface area contributed by atoms with E-state index in [1.54, 1.807) is 30.5 Å². The molecule has 0 radical (unpaired) electrons. The fourth-order valence-electron chi connectivity index (χ4n) is 2.38. The number of Topliss-reactive ketones (excluding diaryl/α,β-unsaturated/α-hetero) is 1. The fraction of sp³-hybridized carbons (Fsp3) is 0.353. The molecule has 1 heterocycles. The Morgan fingerprint density at radius 1 is 1.27 bits per heavy atom. The normalized spacial score (nSPS) is 15.1. The number of carbonyl (C=O) groups is 2. The lowest BCUT2D eigenvalue weighted by Gasteiger charge is -2.25. The first kappa shape index (κ1) is 15.8. The van der Waals surface area contributed by atoms with E-state index in [4.69, 9.17) is 0 Å². The number of rotatable bonds is 4. The van der Waals surface area contributed by atoms with Crippen LogP contribution in [-0.2, 0) is 4.79 Å². The highest BCUT2D eigenvalue weighted by molar-refractivity contribution is 6.07. The molecule has 0 spiro atoms. The van der Waals surface area contributed by atoms with Gasteiger partial charge >= 0.3 is 0 Å². The van der Waals surface area contributed by atoms with Gasteiger partial charge in [-0.3, -0.25) is 9.59 Å². The number of nitriles is 1. The van der Waals surface area contributed by atoms with Gasteiger partial charge in [0.1, 0.15) is 11.6 Å². The molecule has 114 valence electrons. The maximum Gasteiger partial charge on any atom is 0.267 e. The molecule has 1 aliphatic rings. The Kier molecular flexibility index (Phi) is 5.31. The second kappa shape index (κ2) is 7.41. The van der Waals surface area contributed by atoms with Crippen molar-refractivity contribution < 1.29 is 9.59 Å². The Morgan fingerprint density at radius 3 is 2.64 bits per heavy atom. The molecule has 1 fully saturated rings. The number of anilines is 1. The number of carbonyl (C=O) groups excluding carboxylic acids is 2. The molecular weight excluding hydrogens is 278 g/mol. The third-order valence-corrected chi connectivity index (χ3v) is 3.59. The van der Waals surface area contributed by atoms with Gasteiger partial charge in [0.25, 0.3) is 5.91 Å². The molecule has 1 amide bonds. The van der Waals surface area contributed by atoms with Gasteiger partial charge in [0.15, 0.2) is 5.78 Å². The maximum atomic E-state index is 12.2. The lowest BCUT2D eigenvalue weighted by Crippen LogP contribution is -2.26. The molecular formula is C17H19N3O2. The molecule has 5 nitrogen and oxygen atoms in total. The van der Waals surface area contributed by atoms with Crippen molar-refractivity contribution in [3.63, 3.8) is 0 Å². The van der Waals surface area contributed by atoms with E-state index < -0.39 is 5.91 Å². The first-order valence-electron chi connectivity index (χ1n) is 7.38. The molecule has 1 aliphatic heterocycles. The monoisotopic (exact) mass is 297 g/mol. The van der Waals surface area contributed by atoms with E-state index in [2.05, 4.69) is 5.32 Å². The zero-order valence-corrected chi connectivity index (χ0v) is 12.6. The van der Waals surface area contributed by atoms with Gasteiger partial charge < -0.3 is 10.2 Å². The standard InChI is InChI=1S/C17H19N3O2/c1-13(21)14-6-5-7-16(10-14)19-17(22)15(11-18)12-20-8-3-2-4-9-20/h5-7,10,12H,2-4,8-9H2,1H3,(H,19,22)/b15-12-. The van der Waals surface area contributed by atoms with Crippen molar-refractivity contribution in [2.24, 2.45) is 0 Å². The molecule has 0 aromatic heterocycles. The van der Waals surface area contributed by atoms with Crippen LogP contribution in [0.5, 0.6) is 0 Å². The molecule has 0 aliphatic carbocycles. The van der Waals surface area contributed by atoms with Crippen molar-refractivity contribution in [3.8, 4) is 6.07 Å². The second-order valence-corrected chi connectivity index (χ2v) is 5.34. The zero-order valence-electron chi connectivity index (χ0n) is 12.6. The van der Waals surface area contributed by atoms with Crippen molar-refractivity contribution in [2.45, 2.75) is 26.2 Å². The number of amides is 1. The highest BCUT2D eigenvalue weighted by Gasteiger charge is 2.14.